The van der Waals surface area contributed by atoms with E-state index >= 15 is 0 Å². The van der Waals surface area contributed by atoms with Crippen LogP contribution in [0, 0.1) is 19.9 Å². The Balaban J connectivity index is 0.00000176. The van der Waals surface area contributed by atoms with Crippen molar-refractivity contribution in [2.45, 2.75) is 13.8 Å². The third-order valence-electron chi connectivity index (χ3n) is 3.47. The molecule has 6 heteroatoms. The molecular weight excluding hydrogens is 355 g/mol. The molecule has 3 aromatic rings. The van der Waals surface area contributed by atoms with Crippen LogP contribution in [0.5, 0.6) is 0 Å². The number of nitrogens with zero attached hydrogens (tertiary/aromatic N) is 2. The number of anilines is 2. The molecule has 2 heterocycles. The summed E-state index contributed by atoms with van der Waals surface area (Å²) < 4.78 is 1.72. The van der Waals surface area contributed by atoms with Gasteiger partial charge in [0.2, 0.25) is 0 Å². The Morgan fingerprint density at radius 3 is 2.82 bits per heavy atom. The zero-order valence-electron chi connectivity index (χ0n) is 12.3. The van der Waals surface area contributed by atoms with E-state index in [-0.39, 0.29) is 38.3 Å². The molecule has 0 spiro atoms. The van der Waals surface area contributed by atoms with Gasteiger partial charge in [0.05, 0.1) is 22.5 Å². The van der Waals surface area contributed by atoms with E-state index in [2.05, 4.69) is 16.5 Å². The van der Waals surface area contributed by atoms with E-state index in [1.165, 1.54) is 0 Å². The number of hydrogen-bond acceptors (Lipinski definition) is 3. The smallest absolute Gasteiger partial charge is 0.337 e. The first-order valence-electron chi connectivity index (χ1n) is 6.52. The molecule has 1 aromatic carbocycles. The van der Waals surface area contributed by atoms with E-state index in [1.807, 2.05) is 26.0 Å². The van der Waals surface area contributed by atoms with Crippen LogP contribution in [0.4, 0.5) is 11.4 Å². The maximum atomic E-state index is 11.5. The summed E-state index contributed by atoms with van der Waals surface area (Å²) in [6, 6.07) is 11.9. The monoisotopic (exact) mass is 369 g/mol. The van der Waals surface area contributed by atoms with Gasteiger partial charge in [0.1, 0.15) is 0 Å². The van der Waals surface area contributed by atoms with Gasteiger partial charge in [-0.1, -0.05) is 12.6 Å². The number of pyridine rings is 1. The molecule has 0 aliphatic rings. The number of carbonyl (C=O) groups is 1. The maximum Gasteiger partial charge on any atom is 0.337 e. The maximum absolute atomic E-state index is 11.5. The van der Waals surface area contributed by atoms with E-state index < -0.39 is 5.97 Å². The number of carboxylic acid groups (broad SMARTS) is 1. The summed E-state index contributed by atoms with van der Waals surface area (Å²) in [6.45, 7) is 3.79. The van der Waals surface area contributed by atoms with Crippen molar-refractivity contribution in [2.24, 2.45) is 0 Å². The van der Waals surface area contributed by atoms with Crippen LogP contribution in [-0.4, -0.2) is 20.7 Å². The van der Waals surface area contributed by atoms with Crippen molar-refractivity contribution in [3.8, 4) is 0 Å². The van der Waals surface area contributed by atoms with Gasteiger partial charge in [0.25, 0.3) is 0 Å². The molecular formula is C16H14N3O2Y-. The van der Waals surface area contributed by atoms with Crippen LogP contribution in [-0.2, 0) is 32.7 Å². The average Bonchev–Trinajstić information content (AvgIpc) is 2.92. The van der Waals surface area contributed by atoms with Gasteiger partial charge >= 0.3 is 5.97 Å². The topological polar surface area (TPSA) is 66.6 Å². The van der Waals surface area contributed by atoms with Gasteiger partial charge in [-0.25, -0.2) is 9.31 Å². The van der Waals surface area contributed by atoms with Crippen molar-refractivity contribution in [3.05, 3.63) is 59.4 Å². The Hall–Kier alpha value is -1.72. The SMILES string of the molecule is Cc1c[c-]ccc1Nc1c(C(=O)O)cc2ccnn2c1C.[Y]. The van der Waals surface area contributed by atoms with Crippen LogP contribution in [0.1, 0.15) is 21.6 Å². The van der Waals surface area contributed by atoms with E-state index in [0.29, 0.717) is 5.69 Å². The first-order chi connectivity index (χ1) is 10.1. The van der Waals surface area contributed by atoms with Crippen molar-refractivity contribution in [1.29, 1.82) is 0 Å². The molecule has 0 saturated carbocycles. The number of rotatable bonds is 3. The number of benzene rings is 1. The van der Waals surface area contributed by atoms with Crippen LogP contribution in [0.15, 0.2) is 36.5 Å². The molecule has 0 atom stereocenters. The Bertz CT molecular complexity index is 843. The quantitative estimate of drug-likeness (QED) is 0.696. The van der Waals surface area contributed by atoms with Gasteiger partial charge in [-0.15, -0.1) is 11.6 Å². The van der Waals surface area contributed by atoms with Crippen LogP contribution < -0.4 is 5.32 Å². The third kappa shape index (κ3) is 2.92. The fourth-order valence-corrected chi connectivity index (χ4v) is 2.34. The summed E-state index contributed by atoms with van der Waals surface area (Å²) in [6.07, 6.45) is 1.65. The molecule has 0 saturated heterocycles. The number of aromatic nitrogens is 2. The standard InChI is InChI=1S/C16H14N3O2.Y/c1-10-5-3-4-6-14(10)18-15-11(2)19-12(7-8-17-19)9-13(15)16(20)21;/h4-9,18H,1-2H3,(H,20,21);/q-1;. The van der Waals surface area contributed by atoms with Crippen molar-refractivity contribution < 1.29 is 42.6 Å². The number of nitrogens with one attached hydrogen (secondary N) is 1. The zero-order valence-corrected chi connectivity index (χ0v) is 15.1. The largest absolute Gasteiger partial charge is 0.478 e. The third-order valence-corrected chi connectivity index (χ3v) is 3.47. The predicted molar refractivity (Wildman–Crippen MR) is 80.2 cm³/mol. The minimum atomic E-state index is -0.968. The molecule has 109 valence electrons. The van der Waals surface area contributed by atoms with Gasteiger partial charge < -0.3 is 10.4 Å². The Kier molecular flexibility index (Phi) is 4.99. The number of fused-ring (bicyclic) bond motifs is 1. The van der Waals surface area contributed by atoms with E-state index in [1.54, 1.807) is 28.9 Å². The summed E-state index contributed by atoms with van der Waals surface area (Å²) in [5, 5.41) is 16.9. The molecule has 0 aliphatic heterocycles. The Morgan fingerprint density at radius 1 is 1.36 bits per heavy atom. The van der Waals surface area contributed by atoms with Gasteiger partial charge in [0.15, 0.2) is 0 Å². The van der Waals surface area contributed by atoms with Crippen molar-refractivity contribution in [3.63, 3.8) is 0 Å². The molecule has 5 nitrogen and oxygen atoms in total. The van der Waals surface area contributed by atoms with Gasteiger partial charge in [0, 0.05) is 38.9 Å². The Labute approximate surface area is 153 Å². The summed E-state index contributed by atoms with van der Waals surface area (Å²) in [5.41, 5.74) is 4.14. The number of aromatic carboxylic acids is 1. The predicted octanol–water partition coefficient (Wildman–Crippen LogP) is 3.19. The van der Waals surface area contributed by atoms with Crippen LogP contribution in [0.25, 0.3) is 5.52 Å². The minimum Gasteiger partial charge on any atom is -0.478 e. The van der Waals surface area contributed by atoms with E-state index in [9.17, 15) is 9.90 Å². The molecule has 0 aliphatic carbocycles. The molecule has 22 heavy (non-hydrogen) atoms. The normalized spacial score (nSPS) is 10.3. The molecule has 0 amide bonds. The average molecular weight is 369 g/mol. The first kappa shape index (κ1) is 16.7. The van der Waals surface area contributed by atoms with Gasteiger partial charge in [-0.2, -0.15) is 23.3 Å². The first-order valence-corrected chi connectivity index (χ1v) is 6.52. The molecule has 2 N–H and O–H groups in total. The van der Waals surface area contributed by atoms with Crippen molar-refractivity contribution in [1.82, 2.24) is 9.61 Å². The summed E-state index contributed by atoms with van der Waals surface area (Å²) in [7, 11) is 0. The summed E-state index contributed by atoms with van der Waals surface area (Å²) in [5.74, 6) is -0.968. The molecule has 0 unspecified atom stereocenters. The number of carboxylic acids is 1. The second-order valence-corrected chi connectivity index (χ2v) is 4.86. The zero-order chi connectivity index (χ0) is 15.0. The van der Waals surface area contributed by atoms with Crippen LogP contribution >= 0.6 is 0 Å². The number of hydrogen-bond donors (Lipinski definition) is 2. The van der Waals surface area contributed by atoms with Crippen molar-refractivity contribution >= 4 is 22.9 Å². The second kappa shape index (κ2) is 6.59. The fraction of sp³-hybridized carbons (Fsp3) is 0.125. The fourth-order valence-electron chi connectivity index (χ4n) is 2.34. The van der Waals surface area contributed by atoms with Crippen LogP contribution in [0.2, 0.25) is 0 Å². The van der Waals surface area contributed by atoms with Crippen molar-refractivity contribution in [2.75, 3.05) is 5.32 Å². The van der Waals surface area contributed by atoms with Crippen LogP contribution in [0.3, 0.4) is 0 Å². The molecule has 2 aromatic heterocycles. The summed E-state index contributed by atoms with van der Waals surface area (Å²) >= 11 is 0. The molecule has 0 bridgehead atoms. The minimum absolute atomic E-state index is 0. The molecule has 0 fully saturated rings. The van der Waals surface area contributed by atoms with Gasteiger partial charge in [-0.05, 0) is 19.1 Å². The van der Waals surface area contributed by atoms with E-state index in [4.69, 9.17) is 0 Å². The van der Waals surface area contributed by atoms with Gasteiger partial charge in [-0.3, -0.25) is 0 Å². The van der Waals surface area contributed by atoms with E-state index in [0.717, 1.165) is 22.5 Å². The molecule has 3 rings (SSSR count). The summed E-state index contributed by atoms with van der Waals surface area (Å²) in [4.78, 5) is 11.5. The second-order valence-electron chi connectivity index (χ2n) is 4.86. The molecule has 1 radical (unpaired) electrons. The Morgan fingerprint density at radius 2 is 2.14 bits per heavy atom. The number of aryl methyl sites for hydroxylation is 2.